The van der Waals surface area contributed by atoms with E-state index in [2.05, 4.69) is 16.0 Å². The molecule has 2 aromatic rings. The van der Waals surface area contributed by atoms with E-state index < -0.39 is 18.1 Å². The number of alkyl halides is 1. The molecule has 140 valence electrons. The average Bonchev–Trinajstić information content (AvgIpc) is 3.08. The van der Waals surface area contributed by atoms with Gasteiger partial charge in [0.2, 0.25) is 5.91 Å². The molecule has 2 aliphatic heterocycles. The predicted octanol–water partition coefficient (Wildman–Crippen LogP) is 1.92. The molecule has 0 N–H and O–H groups in total. The lowest BCUT2D eigenvalue weighted by Crippen LogP contribution is -2.49. The number of nitrogens with zero attached hydrogens (tertiary/aromatic N) is 4. The van der Waals surface area contributed by atoms with E-state index in [1.54, 1.807) is 11.8 Å². The van der Waals surface area contributed by atoms with Crippen LogP contribution < -0.4 is 0 Å². The molecule has 1 aromatic heterocycles. The van der Waals surface area contributed by atoms with E-state index in [-0.39, 0.29) is 24.6 Å². The summed E-state index contributed by atoms with van der Waals surface area (Å²) < 4.78 is 14.1. The summed E-state index contributed by atoms with van der Waals surface area (Å²) in [6, 6.07) is 7.22. The Morgan fingerprint density at radius 1 is 1.15 bits per heavy atom. The third-order valence-corrected chi connectivity index (χ3v) is 5.24. The molecular formula is C20H21FN4O2. The first-order valence-corrected chi connectivity index (χ1v) is 9.12. The molecule has 4 rings (SSSR count). The predicted molar refractivity (Wildman–Crippen MR) is 96.7 cm³/mol. The Kier molecular flexibility index (Phi) is 4.59. The van der Waals surface area contributed by atoms with Crippen LogP contribution in [-0.4, -0.2) is 56.9 Å². The molecule has 1 saturated heterocycles. The third kappa shape index (κ3) is 3.41. The minimum absolute atomic E-state index is 0.0298. The fourth-order valence-electron chi connectivity index (χ4n) is 3.79. The number of carbonyl (C=O) groups is 2. The van der Waals surface area contributed by atoms with Gasteiger partial charge in [0, 0.05) is 25.7 Å². The summed E-state index contributed by atoms with van der Waals surface area (Å²) in [4.78, 5) is 37.1. The van der Waals surface area contributed by atoms with Gasteiger partial charge in [-0.1, -0.05) is 24.3 Å². The van der Waals surface area contributed by atoms with E-state index >= 15 is 0 Å². The van der Waals surface area contributed by atoms with Gasteiger partial charge in [-0.2, -0.15) is 0 Å². The highest BCUT2D eigenvalue weighted by atomic mass is 19.1. The Balaban J connectivity index is 1.53. The van der Waals surface area contributed by atoms with Crippen LogP contribution in [0.4, 0.5) is 4.39 Å². The lowest BCUT2D eigenvalue weighted by Gasteiger charge is -2.33. The maximum absolute atomic E-state index is 14.1. The van der Waals surface area contributed by atoms with Crippen LogP contribution >= 0.6 is 0 Å². The highest BCUT2D eigenvalue weighted by molar-refractivity contribution is 5.96. The molecule has 0 bridgehead atoms. The molecule has 0 unspecified atom stereocenters. The van der Waals surface area contributed by atoms with Crippen molar-refractivity contribution in [1.82, 2.24) is 19.8 Å². The first-order chi connectivity index (χ1) is 13.0. The Labute approximate surface area is 157 Å². The first kappa shape index (κ1) is 17.6. The number of halogens is 1. The molecule has 1 fully saturated rings. The fraction of sp³-hybridized carbons (Fsp3) is 0.400. The van der Waals surface area contributed by atoms with Gasteiger partial charge in [-0.25, -0.2) is 9.37 Å². The maximum atomic E-state index is 14.1. The summed E-state index contributed by atoms with van der Waals surface area (Å²) >= 11 is 0. The van der Waals surface area contributed by atoms with Gasteiger partial charge in [-0.3, -0.25) is 14.6 Å². The van der Waals surface area contributed by atoms with Crippen LogP contribution in [0.25, 0.3) is 0 Å². The molecule has 3 heterocycles. The van der Waals surface area contributed by atoms with Crippen LogP contribution in [0.15, 0.2) is 36.7 Å². The van der Waals surface area contributed by atoms with Crippen molar-refractivity contribution in [2.24, 2.45) is 0 Å². The monoisotopic (exact) mass is 368 g/mol. The number of hydrogen-bond donors (Lipinski definition) is 0. The average molecular weight is 368 g/mol. The Morgan fingerprint density at radius 2 is 1.93 bits per heavy atom. The molecule has 2 atom stereocenters. The van der Waals surface area contributed by atoms with Crippen molar-refractivity contribution in [2.45, 2.75) is 38.5 Å². The molecule has 27 heavy (non-hydrogen) atoms. The van der Waals surface area contributed by atoms with E-state index in [1.807, 2.05) is 18.2 Å². The van der Waals surface area contributed by atoms with Gasteiger partial charge in [0.05, 0.1) is 18.4 Å². The van der Waals surface area contributed by atoms with Crippen molar-refractivity contribution in [3.63, 3.8) is 0 Å². The van der Waals surface area contributed by atoms with Crippen molar-refractivity contribution < 1.29 is 14.0 Å². The Bertz CT molecular complexity index is 871. The van der Waals surface area contributed by atoms with Crippen LogP contribution in [0.2, 0.25) is 0 Å². The number of fused-ring (bicyclic) bond motifs is 1. The van der Waals surface area contributed by atoms with Crippen molar-refractivity contribution in [3.05, 3.63) is 59.2 Å². The van der Waals surface area contributed by atoms with Gasteiger partial charge in [0.25, 0.3) is 5.91 Å². The summed E-state index contributed by atoms with van der Waals surface area (Å²) in [6.45, 7) is 2.76. The van der Waals surface area contributed by atoms with E-state index in [1.165, 1.54) is 22.9 Å². The van der Waals surface area contributed by atoms with Gasteiger partial charge in [0.1, 0.15) is 17.9 Å². The summed E-state index contributed by atoms with van der Waals surface area (Å²) in [5, 5.41) is 0. The molecule has 7 heteroatoms. The second kappa shape index (κ2) is 7.06. The van der Waals surface area contributed by atoms with Gasteiger partial charge < -0.3 is 9.80 Å². The van der Waals surface area contributed by atoms with Crippen molar-refractivity contribution in [3.8, 4) is 0 Å². The fourth-order valence-corrected chi connectivity index (χ4v) is 3.79. The molecular weight excluding hydrogens is 347 g/mol. The number of aromatic nitrogens is 2. The molecule has 2 amide bonds. The number of hydrogen-bond acceptors (Lipinski definition) is 4. The summed E-state index contributed by atoms with van der Waals surface area (Å²) in [6.07, 6.45) is 2.46. The number of likely N-dealkylation sites (tertiary alicyclic amines) is 1. The molecule has 0 aliphatic carbocycles. The standard InChI is InChI=1S/C20H21FN4O2/c1-13-9-23-17(10-22-13)19(26)25-12-16(21)8-18(25)20(27)24-7-6-14-4-2-3-5-15(14)11-24/h2-5,9-10,16,18H,6-8,11-12H2,1H3/t16-,18-/m0/s1. The van der Waals surface area contributed by atoms with Gasteiger partial charge in [0.15, 0.2) is 0 Å². The van der Waals surface area contributed by atoms with Crippen LogP contribution in [0.1, 0.15) is 33.7 Å². The maximum Gasteiger partial charge on any atom is 0.274 e. The largest absolute Gasteiger partial charge is 0.336 e. The second-order valence-electron chi connectivity index (χ2n) is 7.13. The molecule has 1 aromatic carbocycles. The first-order valence-electron chi connectivity index (χ1n) is 9.12. The zero-order chi connectivity index (χ0) is 19.0. The van der Waals surface area contributed by atoms with E-state index in [9.17, 15) is 14.0 Å². The minimum Gasteiger partial charge on any atom is -0.336 e. The number of amides is 2. The topological polar surface area (TPSA) is 66.4 Å². The zero-order valence-electron chi connectivity index (χ0n) is 15.1. The van der Waals surface area contributed by atoms with Gasteiger partial charge in [-0.15, -0.1) is 0 Å². The number of carbonyl (C=O) groups excluding carboxylic acids is 2. The normalized spacial score (nSPS) is 21.9. The third-order valence-electron chi connectivity index (χ3n) is 5.24. The van der Waals surface area contributed by atoms with Gasteiger partial charge in [-0.05, 0) is 24.5 Å². The smallest absolute Gasteiger partial charge is 0.274 e. The number of benzene rings is 1. The molecule has 0 radical (unpaired) electrons. The second-order valence-corrected chi connectivity index (χ2v) is 7.13. The van der Waals surface area contributed by atoms with Crippen LogP contribution in [0.5, 0.6) is 0 Å². The van der Waals surface area contributed by atoms with E-state index in [0.29, 0.717) is 18.8 Å². The Morgan fingerprint density at radius 3 is 2.67 bits per heavy atom. The highest BCUT2D eigenvalue weighted by Crippen LogP contribution is 2.26. The molecule has 0 saturated carbocycles. The quantitative estimate of drug-likeness (QED) is 0.812. The van der Waals surface area contributed by atoms with Crippen molar-refractivity contribution in [2.75, 3.05) is 13.1 Å². The minimum atomic E-state index is -1.21. The van der Waals surface area contributed by atoms with Crippen molar-refractivity contribution in [1.29, 1.82) is 0 Å². The summed E-state index contributed by atoms with van der Waals surface area (Å²) in [7, 11) is 0. The summed E-state index contributed by atoms with van der Waals surface area (Å²) in [5.74, 6) is -0.642. The summed E-state index contributed by atoms with van der Waals surface area (Å²) in [5.41, 5.74) is 3.17. The van der Waals surface area contributed by atoms with Crippen LogP contribution in [0, 0.1) is 6.92 Å². The molecule has 2 aliphatic rings. The Hall–Kier alpha value is -2.83. The molecule has 0 spiro atoms. The lowest BCUT2D eigenvalue weighted by molar-refractivity contribution is -0.136. The number of rotatable bonds is 2. The SMILES string of the molecule is Cc1cnc(C(=O)N2C[C@@H](F)C[C@H]2C(=O)N2CCc3ccccc3C2)cn1. The zero-order valence-corrected chi connectivity index (χ0v) is 15.1. The van der Waals surface area contributed by atoms with E-state index in [0.717, 1.165) is 12.0 Å². The number of aryl methyl sites for hydroxylation is 1. The van der Waals surface area contributed by atoms with E-state index in [4.69, 9.17) is 0 Å². The van der Waals surface area contributed by atoms with Crippen molar-refractivity contribution >= 4 is 11.8 Å². The highest BCUT2D eigenvalue weighted by Gasteiger charge is 2.42. The van der Waals surface area contributed by atoms with Crippen LogP contribution in [-0.2, 0) is 17.8 Å². The van der Waals surface area contributed by atoms with Gasteiger partial charge >= 0.3 is 0 Å². The van der Waals surface area contributed by atoms with Crippen LogP contribution in [0.3, 0.4) is 0 Å². The lowest BCUT2D eigenvalue weighted by atomic mass is 9.99. The molecule has 6 nitrogen and oxygen atoms in total.